The molecule has 0 spiro atoms. The summed E-state index contributed by atoms with van der Waals surface area (Å²) >= 11 is 9.40. The Hall–Kier alpha value is -0.990. The molecular weight excluding hydrogens is 300 g/mol. The summed E-state index contributed by atoms with van der Waals surface area (Å²) in [5, 5.41) is 1.42. The van der Waals surface area contributed by atoms with Gasteiger partial charge in [-0.2, -0.15) is 0 Å². The second-order valence-corrected chi connectivity index (χ2v) is 4.80. The van der Waals surface area contributed by atoms with Crippen LogP contribution in [0.4, 0.5) is 0 Å². The van der Waals surface area contributed by atoms with Crippen molar-refractivity contribution in [3.05, 3.63) is 58.6 Å². The molecule has 1 nitrogen and oxygen atoms in total. The summed E-state index contributed by atoms with van der Waals surface area (Å²) in [6, 6.07) is 13.6. The maximum absolute atomic E-state index is 5.97. The zero-order chi connectivity index (χ0) is 12.3. The molecule has 0 unspecified atom stereocenters. The topological polar surface area (TPSA) is 9.23 Å². The molecule has 0 aliphatic rings. The Morgan fingerprint density at radius 3 is 2.47 bits per heavy atom. The summed E-state index contributed by atoms with van der Waals surface area (Å²) in [5.41, 5.74) is 2.29. The van der Waals surface area contributed by atoms with Crippen LogP contribution < -0.4 is 4.74 Å². The van der Waals surface area contributed by atoms with Gasteiger partial charge in [0.25, 0.3) is 0 Å². The largest absolute Gasteiger partial charge is 0.457 e. The van der Waals surface area contributed by atoms with Gasteiger partial charge in [-0.25, -0.2) is 0 Å². The van der Waals surface area contributed by atoms with Crippen LogP contribution in [0.3, 0.4) is 0 Å². The molecule has 0 bridgehead atoms. The first kappa shape index (κ1) is 12.5. The molecule has 0 atom stereocenters. The molecule has 2 aromatic rings. The van der Waals surface area contributed by atoms with Crippen LogP contribution in [0, 0.1) is 6.92 Å². The van der Waals surface area contributed by atoms with Gasteiger partial charge >= 0.3 is 0 Å². The zero-order valence-corrected chi connectivity index (χ0v) is 11.8. The van der Waals surface area contributed by atoms with Crippen molar-refractivity contribution < 1.29 is 4.74 Å². The number of ether oxygens (including phenoxy) is 1. The second-order valence-electron chi connectivity index (χ2n) is 3.80. The fraction of sp³-hybridized carbons (Fsp3) is 0.143. The van der Waals surface area contributed by atoms with Crippen molar-refractivity contribution in [2.75, 3.05) is 0 Å². The van der Waals surface area contributed by atoms with Crippen molar-refractivity contribution in [1.29, 1.82) is 0 Å². The van der Waals surface area contributed by atoms with Gasteiger partial charge < -0.3 is 4.74 Å². The van der Waals surface area contributed by atoms with Gasteiger partial charge in [0.05, 0.1) is 0 Å². The Bertz CT molecular complexity index is 508. The lowest BCUT2D eigenvalue weighted by molar-refractivity contribution is 0.478. The van der Waals surface area contributed by atoms with Crippen LogP contribution in [0.5, 0.6) is 11.5 Å². The number of aryl methyl sites for hydroxylation is 1. The summed E-state index contributed by atoms with van der Waals surface area (Å²) in [6.07, 6.45) is 0. The van der Waals surface area contributed by atoms with Crippen molar-refractivity contribution in [1.82, 2.24) is 0 Å². The van der Waals surface area contributed by atoms with E-state index in [1.54, 1.807) is 0 Å². The van der Waals surface area contributed by atoms with E-state index in [0.29, 0.717) is 5.02 Å². The summed E-state index contributed by atoms with van der Waals surface area (Å²) in [6.45, 7) is 2.05. The fourth-order valence-corrected chi connectivity index (χ4v) is 2.09. The van der Waals surface area contributed by atoms with Crippen molar-refractivity contribution in [3.8, 4) is 11.5 Å². The molecule has 0 aromatic heterocycles. The van der Waals surface area contributed by atoms with Crippen LogP contribution in [0.25, 0.3) is 0 Å². The van der Waals surface area contributed by atoms with Gasteiger partial charge in [0.2, 0.25) is 0 Å². The van der Waals surface area contributed by atoms with Gasteiger partial charge in [-0.1, -0.05) is 51.3 Å². The third-order valence-electron chi connectivity index (χ3n) is 2.42. The van der Waals surface area contributed by atoms with E-state index in [-0.39, 0.29) is 0 Å². The molecule has 17 heavy (non-hydrogen) atoms. The highest BCUT2D eigenvalue weighted by atomic mass is 79.9. The van der Waals surface area contributed by atoms with Crippen molar-refractivity contribution in [2.45, 2.75) is 12.3 Å². The van der Waals surface area contributed by atoms with E-state index in [2.05, 4.69) is 15.9 Å². The summed E-state index contributed by atoms with van der Waals surface area (Å²) < 4.78 is 5.82. The predicted molar refractivity (Wildman–Crippen MR) is 75.3 cm³/mol. The van der Waals surface area contributed by atoms with Crippen LogP contribution in [0.15, 0.2) is 42.5 Å². The lowest BCUT2D eigenvalue weighted by atomic mass is 10.2. The van der Waals surface area contributed by atoms with E-state index < -0.39 is 0 Å². The minimum atomic E-state index is 0.678. The molecule has 0 aliphatic heterocycles. The van der Waals surface area contributed by atoms with Gasteiger partial charge in [0, 0.05) is 15.9 Å². The van der Waals surface area contributed by atoms with E-state index in [0.717, 1.165) is 22.4 Å². The Balaban J connectivity index is 2.28. The molecule has 0 radical (unpaired) electrons. The van der Waals surface area contributed by atoms with Crippen LogP contribution in [0.1, 0.15) is 11.1 Å². The number of rotatable bonds is 3. The average molecular weight is 312 g/mol. The number of hydrogen-bond acceptors (Lipinski definition) is 1. The van der Waals surface area contributed by atoms with Gasteiger partial charge in [0.1, 0.15) is 11.5 Å². The molecule has 0 amide bonds. The normalized spacial score (nSPS) is 10.3. The van der Waals surface area contributed by atoms with E-state index in [4.69, 9.17) is 16.3 Å². The third-order valence-corrected chi connectivity index (χ3v) is 3.26. The molecule has 0 aliphatic carbocycles. The lowest BCUT2D eigenvalue weighted by Gasteiger charge is -2.10. The molecule has 0 saturated carbocycles. The first-order valence-corrected chi connectivity index (χ1v) is 6.78. The molecule has 0 fully saturated rings. The zero-order valence-electron chi connectivity index (χ0n) is 9.41. The fourth-order valence-electron chi connectivity index (χ4n) is 1.47. The van der Waals surface area contributed by atoms with E-state index in [1.165, 1.54) is 5.56 Å². The molecule has 88 valence electrons. The molecule has 3 heteroatoms. The molecule has 0 saturated heterocycles. The highest BCUT2D eigenvalue weighted by Crippen LogP contribution is 2.29. The monoisotopic (exact) mass is 310 g/mol. The standard InChI is InChI=1S/C14H12BrClO/c1-10-2-6-13(7-3-10)17-14-8-12(16)5-4-11(14)9-15/h2-8H,9H2,1H3. The average Bonchev–Trinajstić information content (AvgIpc) is 2.32. The second kappa shape index (κ2) is 5.56. The van der Waals surface area contributed by atoms with Crippen LogP contribution in [-0.4, -0.2) is 0 Å². The van der Waals surface area contributed by atoms with Crippen molar-refractivity contribution in [3.63, 3.8) is 0 Å². The molecule has 2 rings (SSSR count). The Labute approximate surface area is 115 Å². The van der Waals surface area contributed by atoms with Gasteiger partial charge in [-0.05, 0) is 31.2 Å². The minimum Gasteiger partial charge on any atom is -0.457 e. The molecular formula is C14H12BrClO. The minimum absolute atomic E-state index is 0.678. The molecule has 0 N–H and O–H groups in total. The molecule has 2 aromatic carbocycles. The smallest absolute Gasteiger partial charge is 0.132 e. The third kappa shape index (κ3) is 3.24. The maximum Gasteiger partial charge on any atom is 0.132 e. The Kier molecular flexibility index (Phi) is 4.08. The number of alkyl halides is 1. The Morgan fingerprint density at radius 1 is 1.12 bits per heavy atom. The lowest BCUT2D eigenvalue weighted by Crippen LogP contribution is -1.89. The summed E-state index contributed by atoms with van der Waals surface area (Å²) in [4.78, 5) is 0. The number of halogens is 2. The Morgan fingerprint density at radius 2 is 1.82 bits per heavy atom. The van der Waals surface area contributed by atoms with E-state index >= 15 is 0 Å². The quantitative estimate of drug-likeness (QED) is 0.696. The van der Waals surface area contributed by atoms with Gasteiger partial charge in [0.15, 0.2) is 0 Å². The first-order chi connectivity index (χ1) is 8.19. The number of hydrogen-bond donors (Lipinski definition) is 0. The van der Waals surface area contributed by atoms with Crippen LogP contribution >= 0.6 is 27.5 Å². The SMILES string of the molecule is Cc1ccc(Oc2cc(Cl)ccc2CBr)cc1. The summed E-state index contributed by atoms with van der Waals surface area (Å²) in [5.74, 6) is 1.61. The van der Waals surface area contributed by atoms with E-state index in [1.807, 2.05) is 49.4 Å². The summed E-state index contributed by atoms with van der Waals surface area (Å²) in [7, 11) is 0. The first-order valence-electron chi connectivity index (χ1n) is 5.28. The highest BCUT2D eigenvalue weighted by Gasteiger charge is 2.05. The van der Waals surface area contributed by atoms with Crippen LogP contribution in [-0.2, 0) is 5.33 Å². The van der Waals surface area contributed by atoms with Crippen molar-refractivity contribution >= 4 is 27.5 Å². The van der Waals surface area contributed by atoms with Gasteiger partial charge in [-0.3, -0.25) is 0 Å². The van der Waals surface area contributed by atoms with E-state index in [9.17, 15) is 0 Å². The van der Waals surface area contributed by atoms with Crippen LogP contribution in [0.2, 0.25) is 5.02 Å². The highest BCUT2D eigenvalue weighted by molar-refractivity contribution is 9.08. The number of benzene rings is 2. The van der Waals surface area contributed by atoms with Gasteiger partial charge in [-0.15, -0.1) is 0 Å². The predicted octanol–water partition coefficient (Wildman–Crippen LogP) is 5.34. The maximum atomic E-state index is 5.97. The molecule has 0 heterocycles. The van der Waals surface area contributed by atoms with Crippen molar-refractivity contribution in [2.24, 2.45) is 0 Å².